The lowest BCUT2D eigenvalue weighted by Gasteiger charge is -2.36. The fraction of sp³-hybridized carbons (Fsp3) is 0.250. The highest BCUT2D eigenvalue weighted by Gasteiger charge is 2.16. The molecule has 0 radical (unpaired) electrons. The normalized spacial score (nSPS) is 14.6. The van der Waals surface area contributed by atoms with Crippen molar-refractivity contribution in [3.05, 3.63) is 90.3 Å². The van der Waals surface area contributed by atoms with Crippen molar-refractivity contribution in [2.24, 2.45) is 0 Å². The Morgan fingerprint density at radius 3 is 2.24 bits per heavy atom. The van der Waals surface area contributed by atoms with Crippen molar-refractivity contribution in [2.45, 2.75) is 6.42 Å². The van der Waals surface area contributed by atoms with Gasteiger partial charge >= 0.3 is 0 Å². The van der Waals surface area contributed by atoms with Gasteiger partial charge in [-0.1, -0.05) is 30.3 Å². The third kappa shape index (κ3) is 5.21. The number of aromatic nitrogens is 1. The van der Waals surface area contributed by atoms with Crippen LogP contribution in [0.1, 0.15) is 15.9 Å². The van der Waals surface area contributed by atoms with Crippen LogP contribution >= 0.6 is 0 Å². The number of amides is 1. The second-order valence-corrected chi connectivity index (χ2v) is 7.30. The number of rotatable bonds is 6. The summed E-state index contributed by atoms with van der Waals surface area (Å²) in [6.07, 6.45) is 4.26. The quantitative estimate of drug-likeness (QED) is 0.702. The number of nitrogens with one attached hydrogen (secondary N) is 1. The van der Waals surface area contributed by atoms with E-state index in [1.54, 1.807) is 24.5 Å². The van der Waals surface area contributed by atoms with Crippen LogP contribution in [0.25, 0.3) is 0 Å². The van der Waals surface area contributed by atoms with E-state index in [1.165, 1.54) is 11.3 Å². The van der Waals surface area contributed by atoms with Gasteiger partial charge in [-0.15, -0.1) is 0 Å². The number of benzene rings is 2. The number of nitrogens with zero attached hydrogens (tertiary/aromatic N) is 3. The molecule has 29 heavy (non-hydrogen) atoms. The Bertz CT molecular complexity index is 905. The molecule has 0 bridgehead atoms. The molecule has 4 rings (SSSR count). The second-order valence-electron chi connectivity index (χ2n) is 7.30. The van der Waals surface area contributed by atoms with Crippen LogP contribution in [-0.4, -0.2) is 48.5 Å². The predicted octanol–water partition coefficient (Wildman–Crippen LogP) is 3.70. The molecule has 1 N–H and O–H groups in total. The molecule has 148 valence electrons. The van der Waals surface area contributed by atoms with E-state index in [9.17, 15) is 4.79 Å². The number of hydrogen-bond donors (Lipinski definition) is 1. The molecule has 1 aromatic heterocycles. The molecule has 2 aromatic carbocycles. The zero-order chi connectivity index (χ0) is 19.9. The van der Waals surface area contributed by atoms with Crippen LogP contribution in [-0.2, 0) is 6.42 Å². The van der Waals surface area contributed by atoms with Gasteiger partial charge in [0.15, 0.2) is 0 Å². The van der Waals surface area contributed by atoms with Gasteiger partial charge in [-0.25, -0.2) is 0 Å². The molecule has 0 saturated carbocycles. The van der Waals surface area contributed by atoms with Gasteiger partial charge in [0.1, 0.15) is 0 Å². The second kappa shape index (κ2) is 9.34. The molecule has 1 fully saturated rings. The minimum absolute atomic E-state index is 0.114. The summed E-state index contributed by atoms with van der Waals surface area (Å²) in [5.74, 6) is -0.114. The van der Waals surface area contributed by atoms with Crippen LogP contribution < -0.4 is 10.2 Å². The van der Waals surface area contributed by atoms with Gasteiger partial charge in [-0.3, -0.25) is 14.7 Å². The standard InChI is InChI=1S/C24H26N4O/c29-24(21-10-13-25-14-11-21)26-22-8-6-20(7-9-22)12-15-27-16-18-28(19-17-27)23-4-2-1-3-5-23/h1-11,13-14H,12,15-19H2,(H,26,29). The number of pyridine rings is 1. The van der Waals surface area contributed by atoms with Crippen LogP contribution in [0.15, 0.2) is 79.1 Å². The van der Waals surface area contributed by atoms with Crippen molar-refractivity contribution >= 4 is 17.3 Å². The lowest BCUT2D eigenvalue weighted by molar-refractivity contribution is 0.102. The monoisotopic (exact) mass is 386 g/mol. The Kier molecular flexibility index (Phi) is 6.17. The maximum Gasteiger partial charge on any atom is 0.255 e. The van der Waals surface area contributed by atoms with E-state index in [1.807, 2.05) is 12.1 Å². The predicted molar refractivity (Wildman–Crippen MR) is 117 cm³/mol. The number of para-hydroxylation sites is 1. The fourth-order valence-electron chi connectivity index (χ4n) is 3.62. The van der Waals surface area contributed by atoms with Crippen LogP contribution in [0.4, 0.5) is 11.4 Å². The summed E-state index contributed by atoms with van der Waals surface area (Å²) in [6.45, 7) is 5.39. The first-order valence-corrected chi connectivity index (χ1v) is 10.1. The lowest BCUT2D eigenvalue weighted by Crippen LogP contribution is -2.46. The zero-order valence-corrected chi connectivity index (χ0v) is 16.5. The van der Waals surface area contributed by atoms with Crippen molar-refractivity contribution in [3.63, 3.8) is 0 Å². The van der Waals surface area contributed by atoms with Crippen LogP contribution in [0.5, 0.6) is 0 Å². The van der Waals surface area contributed by atoms with Gasteiger partial charge in [0.25, 0.3) is 5.91 Å². The first-order valence-electron chi connectivity index (χ1n) is 10.1. The van der Waals surface area contributed by atoms with Gasteiger partial charge in [0.2, 0.25) is 0 Å². The van der Waals surface area contributed by atoms with Crippen molar-refractivity contribution in [1.29, 1.82) is 0 Å². The minimum atomic E-state index is -0.114. The van der Waals surface area contributed by atoms with Crippen LogP contribution in [0.2, 0.25) is 0 Å². The molecular formula is C24H26N4O. The number of piperazine rings is 1. The molecule has 1 aliphatic rings. The Morgan fingerprint density at radius 1 is 0.862 bits per heavy atom. The minimum Gasteiger partial charge on any atom is -0.369 e. The molecule has 1 amide bonds. The zero-order valence-electron chi connectivity index (χ0n) is 16.5. The SMILES string of the molecule is O=C(Nc1ccc(CCN2CCN(c3ccccc3)CC2)cc1)c1ccncc1. The van der Waals surface area contributed by atoms with Gasteiger partial charge < -0.3 is 10.2 Å². The molecule has 3 aromatic rings. The van der Waals surface area contributed by atoms with Crippen molar-refractivity contribution in [1.82, 2.24) is 9.88 Å². The lowest BCUT2D eigenvalue weighted by atomic mass is 10.1. The maximum absolute atomic E-state index is 12.2. The summed E-state index contributed by atoms with van der Waals surface area (Å²) < 4.78 is 0. The van der Waals surface area contributed by atoms with Gasteiger partial charge in [0, 0.05) is 62.1 Å². The van der Waals surface area contributed by atoms with Crippen molar-refractivity contribution < 1.29 is 4.79 Å². The number of carbonyl (C=O) groups is 1. The average molecular weight is 386 g/mol. The molecule has 0 aliphatic carbocycles. The highest BCUT2D eigenvalue weighted by molar-refractivity contribution is 6.04. The number of anilines is 2. The van der Waals surface area contributed by atoms with Crippen molar-refractivity contribution in [2.75, 3.05) is 42.9 Å². The van der Waals surface area contributed by atoms with Gasteiger partial charge in [-0.2, -0.15) is 0 Å². The summed E-state index contributed by atoms with van der Waals surface area (Å²) in [7, 11) is 0. The molecular weight excluding hydrogens is 360 g/mol. The highest BCUT2D eigenvalue weighted by atomic mass is 16.1. The molecule has 0 spiro atoms. The summed E-state index contributed by atoms with van der Waals surface area (Å²) in [5.41, 5.74) is 4.03. The first-order chi connectivity index (χ1) is 14.3. The van der Waals surface area contributed by atoms with Crippen LogP contribution in [0, 0.1) is 0 Å². The summed E-state index contributed by atoms with van der Waals surface area (Å²) in [6, 6.07) is 22.2. The van der Waals surface area contributed by atoms with Crippen molar-refractivity contribution in [3.8, 4) is 0 Å². The molecule has 0 atom stereocenters. The Hall–Kier alpha value is -3.18. The van der Waals surface area contributed by atoms with Crippen LogP contribution in [0.3, 0.4) is 0 Å². The van der Waals surface area contributed by atoms with E-state index < -0.39 is 0 Å². The maximum atomic E-state index is 12.2. The van der Waals surface area contributed by atoms with E-state index in [0.29, 0.717) is 5.56 Å². The summed E-state index contributed by atoms with van der Waals surface area (Å²) in [4.78, 5) is 21.1. The summed E-state index contributed by atoms with van der Waals surface area (Å²) in [5, 5.41) is 2.93. The summed E-state index contributed by atoms with van der Waals surface area (Å²) >= 11 is 0. The van der Waals surface area contributed by atoms with E-state index in [2.05, 4.69) is 62.6 Å². The fourth-order valence-corrected chi connectivity index (χ4v) is 3.62. The number of hydrogen-bond acceptors (Lipinski definition) is 4. The molecule has 1 saturated heterocycles. The van der Waals surface area contributed by atoms with E-state index in [4.69, 9.17) is 0 Å². The first kappa shape index (κ1) is 19.2. The Balaban J connectivity index is 1.23. The van der Waals surface area contributed by atoms with E-state index in [-0.39, 0.29) is 5.91 Å². The molecule has 2 heterocycles. The molecule has 0 unspecified atom stereocenters. The van der Waals surface area contributed by atoms with E-state index in [0.717, 1.165) is 44.8 Å². The van der Waals surface area contributed by atoms with Gasteiger partial charge in [0.05, 0.1) is 0 Å². The third-order valence-electron chi connectivity index (χ3n) is 5.36. The Morgan fingerprint density at radius 2 is 1.55 bits per heavy atom. The number of carbonyl (C=O) groups excluding carboxylic acids is 1. The topological polar surface area (TPSA) is 48.5 Å². The van der Waals surface area contributed by atoms with E-state index >= 15 is 0 Å². The highest BCUT2D eigenvalue weighted by Crippen LogP contribution is 2.16. The smallest absolute Gasteiger partial charge is 0.255 e. The Labute approximate surface area is 172 Å². The molecule has 5 heteroatoms. The molecule has 5 nitrogen and oxygen atoms in total. The van der Waals surface area contributed by atoms with Gasteiger partial charge in [-0.05, 0) is 48.4 Å². The largest absolute Gasteiger partial charge is 0.369 e. The molecule has 1 aliphatic heterocycles. The average Bonchev–Trinajstić information content (AvgIpc) is 2.80. The third-order valence-corrected chi connectivity index (χ3v) is 5.36.